The van der Waals surface area contributed by atoms with Gasteiger partial charge >= 0.3 is 11.9 Å². The van der Waals surface area contributed by atoms with Gasteiger partial charge < -0.3 is 14.2 Å². The van der Waals surface area contributed by atoms with Crippen molar-refractivity contribution in [3.63, 3.8) is 0 Å². The van der Waals surface area contributed by atoms with Gasteiger partial charge in [-0.25, -0.2) is 0 Å². The highest BCUT2D eigenvalue weighted by molar-refractivity contribution is 5.72. The van der Waals surface area contributed by atoms with Crippen LogP contribution in [-0.4, -0.2) is 25.7 Å². The Bertz CT molecular complexity index is 548. The van der Waals surface area contributed by atoms with Gasteiger partial charge in [0, 0.05) is 6.92 Å². The predicted molar refractivity (Wildman–Crippen MR) is 83.8 cm³/mol. The summed E-state index contributed by atoms with van der Waals surface area (Å²) in [6.45, 7) is 5.33. The first kappa shape index (κ1) is 17.8. The molecule has 0 aliphatic carbocycles. The van der Waals surface area contributed by atoms with Gasteiger partial charge in [-0.05, 0) is 30.2 Å². The van der Waals surface area contributed by atoms with Gasteiger partial charge in [-0.1, -0.05) is 26.0 Å². The lowest BCUT2D eigenvalue weighted by molar-refractivity contribution is -0.146. The minimum Gasteiger partial charge on any atom is -0.493 e. The van der Waals surface area contributed by atoms with Crippen LogP contribution >= 0.6 is 0 Å². The van der Waals surface area contributed by atoms with Crippen LogP contribution in [0.4, 0.5) is 0 Å². The van der Waals surface area contributed by atoms with E-state index in [0.717, 1.165) is 12.0 Å². The van der Waals surface area contributed by atoms with Crippen LogP contribution in [0.1, 0.15) is 32.8 Å². The Balaban J connectivity index is 2.64. The fourth-order valence-corrected chi connectivity index (χ4v) is 1.65. The lowest BCUT2D eigenvalue weighted by atomic mass is 10.1. The number of carbonyl (C=O) groups excluding carboxylic acids is 2. The molecule has 0 radical (unpaired) electrons. The van der Waals surface area contributed by atoms with E-state index in [1.54, 1.807) is 24.3 Å². The predicted octanol–water partition coefficient (Wildman–Crippen LogP) is 3.22. The molecule has 1 atom stereocenters. The van der Waals surface area contributed by atoms with E-state index in [-0.39, 0.29) is 18.5 Å². The van der Waals surface area contributed by atoms with E-state index in [1.165, 1.54) is 14.0 Å². The standard InChI is InChI=1S/C17H22O5/c1-5-12(2)17(19)21-10-6-7-14-8-9-15(22-13(3)18)16(11-14)20-4/h6-9,11-12H,5,10H2,1-4H3/b7-6+/t12-/m0/s1. The molecule has 0 heterocycles. The van der Waals surface area contributed by atoms with Crippen molar-refractivity contribution in [2.24, 2.45) is 5.92 Å². The molecular formula is C17H22O5. The van der Waals surface area contributed by atoms with Crippen molar-refractivity contribution in [3.05, 3.63) is 29.8 Å². The van der Waals surface area contributed by atoms with Gasteiger partial charge in [0.2, 0.25) is 0 Å². The number of hydrogen-bond acceptors (Lipinski definition) is 5. The van der Waals surface area contributed by atoms with E-state index in [2.05, 4.69) is 0 Å². The third-order valence-electron chi connectivity index (χ3n) is 3.09. The molecule has 0 aliphatic rings. The number of ether oxygens (including phenoxy) is 3. The molecule has 5 heteroatoms. The molecule has 5 nitrogen and oxygen atoms in total. The number of hydrogen-bond donors (Lipinski definition) is 0. The molecule has 1 aromatic rings. The number of benzene rings is 1. The van der Waals surface area contributed by atoms with E-state index in [1.807, 2.05) is 19.9 Å². The Hall–Kier alpha value is -2.30. The molecule has 0 saturated carbocycles. The Morgan fingerprint density at radius 3 is 2.59 bits per heavy atom. The molecule has 0 fully saturated rings. The van der Waals surface area contributed by atoms with Gasteiger partial charge in [0.1, 0.15) is 6.61 Å². The van der Waals surface area contributed by atoms with Crippen molar-refractivity contribution in [3.8, 4) is 11.5 Å². The Kier molecular flexibility index (Phi) is 7.16. The van der Waals surface area contributed by atoms with E-state index in [4.69, 9.17) is 14.2 Å². The van der Waals surface area contributed by atoms with Crippen LogP contribution in [-0.2, 0) is 14.3 Å². The molecule has 1 aromatic carbocycles. The monoisotopic (exact) mass is 306 g/mol. The second-order valence-corrected chi connectivity index (χ2v) is 4.85. The fourth-order valence-electron chi connectivity index (χ4n) is 1.65. The van der Waals surface area contributed by atoms with Crippen LogP contribution < -0.4 is 9.47 Å². The third-order valence-corrected chi connectivity index (χ3v) is 3.09. The zero-order valence-electron chi connectivity index (χ0n) is 13.4. The van der Waals surface area contributed by atoms with Crippen LogP contribution in [0.25, 0.3) is 6.08 Å². The van der Waals surface area contributed by atoms with Crippen molar-refractivity contribution in [2.45, 2.75) is 27.2 Å². The maximum Gasteiger partial charge on any atom is 0.308 e. The fraction of sp³-hybridized carbons (Fsp3) is 0.412. The minimum absolute atomic E-state index is 0.0866. The van der Waals surface area contributed by atoms with Crippen molar-refractivity contribution in [1.29, 1.82) is 0 Å². The largest absolute Gasteiger partial charge is 0.493 e. The first-order chi connectivity index (χ1) is 10.5. The van der Waals surface area contributed by atoms with Crippen LogP contribution in [0, 0.1) is 5.92 Å². The molecule has 0 spiro atoms. The van der Waals surface area contributed by atoms with E-state index >= 15 is 0 Å². The number of methoxy groups -OCH3 is 1. The molecule has 0 amide bonds. The van der Waals surface area contributed by atoms with E-state index in [0.29, 0.717) is 11.5 Å². The summed E-state index contributed by atoms with van der Waals surface area (Å²) in [5.41, 5.74) is 0.854. The molecule has 22 heavy (non-hydrogen) atoms. The highest BCUT2D eigenvalue weighted by atomic mass is 16.6. The maximum atomic E-state index is 11.5. The first-order valence-corrected chi connectivity index (χ1v) is 7.17. The quantitative estimate of drug-likeness (QED) is 0.572. The summed E-state index contributed by atoms with van der Waals surface area (Å²) in [6.07, 6.45) is 4.32. The lowest BCUT2D eigenvalue weighted by Gasteiger charge is -2.09. The van der Waals surface area contributed by atoms with E-state index in [9.17, 15) is 9.59 Å². The average molecular weight is 306 g/mol. The van der Waals surface area contributed by atoms with Crippen LogP contribution in [0.15, 0.2) is 24.3 Å². The topological polar surface area (TPSA) is 61.8 Å². The van der Waals surface area contributed by atoms with Crippen LogP contribution in [0.3, 0.4) is 0 Å². The summed E-state index contributed by atoms with van der Waals surface area (Å²) in [6, 6.07) is 5.18. The summed E-state index contributed by atoms with van der Waals surface area (Å²) in [4.78, 5) is 22.5. The molecule has 0 bridgehead atoms. The normalized spacial score (nSPS) is 12.0. The lowest BCUT2D eigenvalue weighted by Crippen LogP contribution is -2.13. The smallest absolute Gasteiger partial charge is 0.308 e. The Morgan fingerprint density at radius 1 is 1.27 bits per heavy atom. The SMILES string of the molecule is CC[C@H](C)C(=O)OC/C=C/c1ccc(OC(C)=O)c(OC)c1. The van der Waals surface area contributed by atoms with Crippen molar-refractivity contribution in [2.75, 3.05) is 13.7 Å². The molecule has 0 unspecified atom stereocenters. The number of esters is 2. The van der Waals surface area contributed by atoms with Crippen LogP contribution in [0.5, 0.6) is 11.5 Å². The number of carbonyl (C=O) groups is 2. The van der Waals surface area contributed by atoms with Gasteiger partial charge in [-0.3, -0.25) is 9.59 Å². The first-order valence-electron chi connectivity index (χ1n) is 7.17. The second-order valence-electron chi connectivity index (χ2n) is 4.85. The zero-order chi connectivity index (χ0) is 16.5. The van der Waals surface area contributed by atoms with Gasteiger partial charge in [0.15, 0.2) is 11.5 Å². The molecular weight excluding hydrogens is 284 g/mol. The second kappa shape index (κ2) is 8.87. The van der Waals surface area contributed by atoms with Gasteiger partial charge in [-0.2, -0.15) is 0 Å². The van der Waals surface area contributed by atoms with Crippen LogP contribution in [0.2, 0.25) is 0 Å². The molecule has 0 saturated heterocycles. The molecule has 120 valence electrons. The summed E-state index contributed by atoms with van der Waals surface area (Å²) < 4.78 is 15.3. The summed E-state index contributed by atoms with van der Waals surface area (Å²) in [5.74, 6) is 0.147. The summed E-state index contributed by atoms with van der Waals surface area (Å²) in [7, 11) is 1.50. The average Bonchev–Trinajstić information content (AvgIpc) is 2.51. The summed E-state index contributed by atoms with van der Waals surface area (Å²) in [5, 5.41) is 0. The highest BCUT2D eigenvalue weighted by Gasteiger charge is 2.10. The van der Waals surface area contributed by atoms with E-state index < -0.39 is 5.97 Å². The molecule has 0 N–H and O–H groups in total. The minimum atomic E-state index is -0.404. The zero-order valence-corrected chi connectivity index (χ0v) is 13.4. The summed E-state index contributed by atoms with van der Waals surface area (Å²) >= 11 is 0. The van der Waals surface area contributed by atoms with Gasteiger partial charge in [0.25, 0.3) is 0 Å². The van der Waals surface area contributed by atoms with Crippen molar-refractivity contribution < 1.29 is 23.8 Å². The number of rotatable bonds is 7. The Morgan fingerprint density at radius 2 is 2.00 bits per heavy atom. The van der Waals surface area contributed by atoms with Crippen molar-refractivity contribution >= 4 is 18.0 Å². The molecule has 0 aromatic heterocycles. The Labute approximate surface area is 130 Å². The van der Waals surface area contributed by atoms with Crippen molar-refractivity contribution in [1.82, 2.24) is 0 Å². The highest BCUT2D eigenvalue weighted by Crippen LogP contribution is 2.28. The molecule has 0 aliphatic heterocycles. The van der Waals surface area contributed by atoms with Gasteiger partial charge in [0.05, 0.1) is 13.0 Å². The van der Waals surface area contributed by atoms with Gasteiger partial charge in [-0.15, -0.1) is 0 Å². The third kappa shape index (κ3) is 5.60. The maximum absolute atomic E-state index is 11.5. The molecule has 1 rings (SSSR count).